The van der Waals surface area contributed by atoms with Gasteiger partial charge in [-0.25, -0.2) is 4.79 Å². The van der Waals surface area contributed by atoms with Crippen LogP contribution in [-0.2, 0) is 4.79 Å². The minimum absolute atomic E-state index is 0.0396. The maximum absolute atomic E-state index is 10.9. The van der Waals surface area contributed by atoms with E-state index in [0.717, 1.165) is 31.3 Å². The van der Waals surface area contributed by atoms with Crippen LogP contribution in [0.2, 0.25) is 0 Å². The fourth-order valence-corrected chi connectivity index (χ4v) is 2.56. The normalized spacial score (nSPS) is 17.3. The molecule has 2 rings (SSSR count). The number of nitro groups is 1. The van der Waals surface area contributed by atoms with E-state index in [0.29, 0.717) is 5.56 Å². The molecule has 1 aliphatic rings. The van der Waals surface area contributed by atoms with Gasteiger partial charge in [-0.2, -0.15) is 0 Å². The number of carboxylic acid groups (broad SMARTS) is 1. The lowest BCUT2D eigenvalue weighted by atomic mass is 9.93. The van der Waals surface area contributed by atoms with Crippen molar-refractivity contribution in [3.05, 3.63) is 40.0 Å². The van der Waals surface area contributed by atoms with Gasteiger partial charge in [0.15, 0.2) is 0 Å². The molecule has 1 fully saturated rings. The Morgan fingerprint density at radius 3 is 2.71 bits per heavy atom. The van der Waals surface area contributed by atoms with Crippen LogP contribution in [0.4, 0.5) is 11.4 Å². The van der Waals surface area contributed by atoms with Crippen molar-refractivity contribution in [2.75, 3.05) is 18.0 Å². The van der Waals surface area contributed by atoms with Crippen LogP contribution < -0.4 is 4.90 Å². The number of non-ortho nitro benzene ring substituents is 1. The SMILES string of the molecule is CC1(C)CCN(c2ccc([N+](=O)[O-])cc2/C=C/C(=O)O)C1. The van der Waals surface area contributed by atoms with E-state index in [9.17, 15) is 14.9 Å². The monoisotopic (exact) mass is 290 g/mol. The number of anilines is 1. The molecule has 6 nitrogen and oxygen atoms in total. The molecule has 0 bridgehead atoms. The number of rotatable bonds is 4. The second kappa shape index (κ2) is 5.55. The average Bonchev–Trinajstić information content (AvgIpc) is 2.76. The number of hydrogen-bond donors (Lipinski definition) is 1. The second-order valence-corrected chi connectivity index (χ2v) is 6.01. The van der Waals surface area contributed by atoms with E-state index in [2.05, 4.69) is 18.7 Å². The van der Waals surface area contributed by atoms with Gasteiger partial charge in [0.05, 0.1) is 4.92 Å². The lowest BCUT2D eigenvalue weighted by Gasteiger charge is -2.23. The van der Waals surface area contributed by atoms with Crippen LogP contribution in [0.3, 0.4) is 0 Å². The second-order valence-electron chi connectivity index (χ2n) is 6.01. The molecule has 1 aromatic rings. The molecular weight excluding hydrogens is 272 g/mol. The highest BCUT2D eigenvalue weighted by Crippen LogP contribution is 2.35. The molecule has 0 spiro atoms. The Hall–Kier alpha value is -2.37. The number of hydrogen-bond acceptors (Lipinski definition) is 4. The summed E-state index contributed by atoms with van der Waals surface area (Å²) in [5.41, 5.74) is 1.55. The van der Waals surface area contributed by atoms with Crippen LogP contribution in [-0.4, -0.2) is 29.1 Å². The molecule has 0 atom stereocenters. The van der Waals surface area contributed by atoms with Gasteiger partial charge in [-0.15, -0.1) is 0 Å². The van der Waals surface area contributed by atoms with Crippen LogP contribution in [0.5, 0.6) is 0 Å². The van der Waals surface area contributed by atoms with Crippen molar-refractivity contribution in [3.8, 4) is 0 Å². The molecule has 6 heteroatoms. The predicted molar refractivity (Wildman–Crippen MR) is 80.4 cm³/mol. The number of nitrogens with zero attached hydrogens (tertiary/aromatic N) is 2. The number of carboxylic acids is 1. The fraction of sp³-hybridized carbons (Fsp3) is 0.400. The third kappa shape index (κ3) is 3.59. The fourth-order valence-electron chi connectivity index (χ4n) is 2.56. The summed E-state index contributed by atoms with van der Waals surface area (Å²) < 4.78 is 0. The van der Waals surface area contributed by atoms with E-state index in [1.807, 2.05) is 0 Å². The van der Waals surface area contributed by atoms with Crippen molar-refractivity contribution in [1.82, 2.24) is 0 Å². The maximum Gasteiger partial charge on any atom is 0.328 e. The summed E-state index contributed by atoms with van der Waals surface area (Å²) in [6.45, 7) is 6.05. The minimum Gasteiger partial charge on any atom is -0.478 e. The summed E-state index contributed by atoms with van der Waals surface area (Å²) in [6.07, 6.45) is 3.45. The standard InChI is InChI=1S/C15H18N2O4/c1-15(2)7-8-16(10-15)13-5-4-12(17(20)21)9-11(13)3-6-14(18)19/h3-6,9H,7-8,10H2,1-2H3,(H,18,19)/b6-3+. The largest absolute Gasteiger partial charge is 0.478 e. The molecule has 1 aliphatic heterocycles. The third-order valence-corrected chi connectivity index (χ3v) is 3.65. The van der Waals surface area contributed by atoms with Crippen molar-refractivity contribution in [2.45, 2.75) is 20.3 Å². The molecule has 0 amide bonds. The lowest BCUT2D eigenvalue weighted by molar-refractivity contribution is -0.384. The van der Waals surface area contributed by atoms with Gasteiger partial charge in [-0.1, -0.05) is 13.8 Å². The molecular formula is C15H18N2O4. The van der Waals surface area contributed by atoms with Gasteiger partial charge in [0.25, 0.3) is 5.69 Å². The van der Waals surface area contributed by atoms with Gasteiger partial charge in [0, 0.05) is 42.5 Å². The molecule has 0 radical (unpaired) electrons. The minimum atomic E-state index is -1.07. The molecule has 0 aromatic heterocycles. The first-order valence-electron chi connectivity index (χ1n) is 6.73. The molecule has 1 N–H and O–H groups in total. The number of benzene rings is 1. The number of aliphatic carboxylic acids is 1. The van der Waals surface area contributed by atoms with Crippen molar-refractivity contribution in [3.63, 3.8) is 0 Å². The van der Waals surface area contributed by atoms with E-state index in [1.54, 1.807) is 6.07 Å². The van der Waals surface area contributed by atoms with Crippen LogP contribution >= 0.6 is 0 Å². The van der Waals surface area contributed by atoms with Crippen molar-refractivity contribution in [1.29, 1.82) is 0 Å². The van der Waals surface area contributed by atoms with Crippen molar-refractivity contribution >= 4 is 23.4 Å². The first kappa shape index (κ1) is 15.0. The van der Waals surface area contributed by atoms with E-state index in [1.165, 1.54) is 18.2 Å². The van der Waals surface area contributed by atoms with Gasteiger partial charge in [-0.05, 0) is 24.0 Å². The van der Waals surface area contributed by atoms with Crippen LogP contribution in [0.1, 0.15) is 25.8 Å². The third-order valence-electron chi connectivity index (χ3n) is 3.65. The topological polar surface area (TPSA) is 83.7 Å². The Kier molecular flexibility index (Phi) is 3.97. The average molecular weight is 290 g/mol. The molecule has 1 aromatic carbocycles. The van der Waals surface area contributed by atoms with E-state index in [4.69, 9.17) is 5.11 Å². The van der Waals surface area contributed by atoms with E-state index < -0.39 is 10.9 Å². The van der Waals surface area contributed by atoms with Gasteiger partial charge in [-0.3, -0.25) is 10.1 Å². The summed E-state index contributed by atoms with van der Waals surface area (Å²) in [4.78, 5) is 23.2. The Morgan fingerprint density at radius 1 is 1.48 bits per heavy atom. The Morgan fingerprint density at radius 2 is 2.19 bits per heavy atom. The summed E-state index contributed by atoms with van der Waals surface area (Å²) in [5, 5.41) is 19.6. The summed E-state index contributed by atoms with van der Waals surface area (Å²) >= 11 is 0. The zero-order valence-electron chi connectivity index (χ0n) is 12.1. The van der Waals surface area contributed by atoms with Crippen LogP contribution in [0.15, 0.2) is 24.3 Å². The smallest absolute Gasteiger partial charge is 0.328 e. The van der Waals surface area contributed by atoms with Gasteiger partial charge in [0.2, 0.25) is 0 Å². The summed E-state index contributed by atoms with van der Waals surface area (Å²) in [7, 11) is 0. The highest BCUT2D eigenvalue weighted by atomic mass is 16.6. The molecule has 1 saturated heterocycles. The van der Waals surface area contributed by atoms with Gasteiger partial charge in [0.1, 0.15) is 0 Å². The lowest BCUT2D eigenvalue weighted by Crippen LogP contribution is -2.23. The zero-order valence-corrected chi connectivity index (χ0v) is 12.1. The summed E-state index contributed by atoms with van der Waals surface area (Å²) in [6, 6.07) is 4.57. The molecule has 1 heterocycles. The summed E-state index contributed by atoms with van der Waals surface area (Å²) in [5.74, 6) is -1.07. The van der Waals surface area contributed by atoms with E-state index >= 15 is 0 Å². The van der Waals surface area contributed by atoms with Crippen LogP contribution in [0, 0.1) is 15.5 Å². The highest BCUT2D eigenvalue weighted by Gasteiger charge is 2.30. The number of carbonyl (C=O) groups is 1. The Balaban J connectivity index is 2.40. The zero-order chi connectivity index (χ0) is 15.6. The molecule has 0 saturated carbocycles. The van der Waals surface area contributed by atoms with Crippen molar-refractivity contribution in [2.24, 2.45) is 5.41 Å². The predicted octanol–water partition coefficient (Wildman–Crippen LogP) is 2.93. The first-order chi connectivity index (χ1) is 9.78. The number of nitro benzene ring substituents is 1. The quantitative estimate of drug-likeness (QED) is 0.523. The van der Waals surface area contributed by atoms with E-state index in [-0.39, 0.29) is 11.1 Å². The Labute approximate surface area is 122 Å². The van der Waals surface area contributed by atoms with Gasteiger partial charge < -0.3 is 10.0 Å². The molecule has 0 aliphatic carbocycles. The van der Waals surface area contributed by atoms with Crippen LogP contribution in [0.25, 0.3) is 6.08 Å². The van der Waals surface area contributed by atoms with Gasteiger partial charge >= 0.3 is 5.97 Å². The Bertz CT molecular complexity index is 608. The van der Waals surface area contributed by atoms with Crippen molar-refractivity contribution < 1.29 is 14.8 Å². The maximum atomic E-state index is 10.9. The molecule has 0 unspecified atom stereocenters. The molecule has 21 heavy (non-hydrogen) atoms. The highest BCUT2D eigenvalue weighted by molar-refractivity contribution is 5.87. The first-order valence-corrected chi connectivity index (χ1v) is 6.73. The molecule has 112 valence electrons.